The van der Waals surface area contributed by atoms with Crippen LogP contribution in [0.5, 0.6) is 0 Å². The molecule has 1 aromatic rings. The molecule has 4 saturated carbocycles. The summed E-state index contributed by atoms with van der Waals surface area (Å²) in [6.45, 7) is 4.79. The standard InChI is InChI=1S/C26H33NO3/c1-25-13-4-3-5-19(25)8-11-21-22(25)12-14-26(2)23(21)16-18(24(26)28)15-17-6-9-20(10-7-17)27(29)30/h6-7,9-10,15,19,21-23H,3-5,8,11-14,16H2,1-2H3/b18-15+. The Hall–Kier alpha value is -1.97. The normalized spacial score (nSPS) is 41.8. The second kappa shape index (κ2) is 7.03. The Labute approximate surface area is 179 Å². The van der Waals surface area contributed by atoms with Crippen LogP contribution in [-0.2, 0) is 4.79 Å². The molecule has 0 bridgehead atoms. The number of rotatable bonds is 2. The Kier molecular flexibility index (Phi) is 4.68. The van der Waals surface area contributed by atoms with Gasteiger partial charge in [0.15, 0.2) is 5.78 Å². The van der Waals surface area contributed by atoms with Crippen molar-refractivity contribution >= 4 is 17.5 Å². The van der Waals surface area contributed by atoms with E-state index in [1.165, 1.54) is 57.1 Å². The second-order valence-corrected chi connectivity index (χ2v) is 10.9. The number of carbonyl (C=O) groups excluding carboxylic acids is 1. The van der Waals surface area contributed by atoms with Crippen molar-refractivity contribution < 1.29 is 9.72 Å². The van der Waals surface area contributed by atoms with Crippen LogP contribution in [0.25, 0.3) is 6.08 Å². The van der Waals surface area contributed by atoms with Gasteiger partial charge in [-0.1, -0.05) is 26.7 Å². The van der Waals surface area contributed by atoms with Crippen molar-refractivity contribution in [2.75, 3.05) is 0 Å². The highest BCUT2D eigenvalue weighted by Gasteiger charge is 2.60. The van der Waals surface area contributed by atoms with Crippen LogP contribution in [-0.4, -0.2) is 10.7 Å². The maximum atomic E-state index is 13.5. The van der Waals surface area contributed by atoms with Crippen LogP contribution in [0.3, 0.4) is 0 Å². The molecular formula is C26H33NO3. The highest BCUT2D eigenvalue weighted by molar-refractivity contribution is 6.05. The quantitative estimate of drug-likeness (QED) is 0.316. The Morgan fingerprint density at radius 2 is 1.77 bits per heavy atom. The van der Waals surface area contributed by atoms with E-state index in [0.717, 1.165) is 35.8 Å². The monoisotopic (exact) mass is 407 g/mol. The van der Waals surface area contributed by atoms with E-state index in [0.29, 0.717) is 23.0 Å². The Balaban J connectivity index is 1.43. The fourth-order valence-electron chi connectivity index (χ4n) is 7.99. The van der Waals surface area contributed by atoms with Gasteiger partial charge in [-0.15, -0.1) is 0 Å². The number of carbonyl (C=O) groups is 1. The van der Waals surface area contributed by atoms with Gasteiger partial charge in [0.25, 0.3) is 5.69 Å². The smallest absolute Gasteiger partial charge is 0.269 e. The van der Waals surface area contributed by atoms with Crippen molar-refractivity contribution in [2.45, 2.75) is 71.6 Å². The number of Topliss-reactive ketones (excluding diaryl/α,β-unsaturated/α-hetero) is 1. The second-order valence-electron chi connectivity index (χ2n) is 10.9. The van der Waals surface area contributed by atoms with E-state index in [9.17, 15) is 14.9 Å². The summed E-state index contributed by atoms with van der Waals surface area (Å²) in [5.41, 5.74) is 2.19. The first-order chi connectivity index (χ1) is 14.3. The third-order valence-electron chi connectivity index (χ3n) is 9.67. The third-order valence-corrected chi connectivity index (χ3v) is 9.67. The summed E-state index contributed by atoms with van der Waals surface area (Å²) < 4.78 is 0. The summed E-state index contributed by atoms with van der Waals surface area (Å²) in [5.74, 6) is 3.15. The van der Waals surface area contributed by atoms with Gasteiger partial charge in [-0.25, -0.2) is 0 Å². The van der Waals surface area contributed by atoms with E-state index in [-0.39, 0.29) is 16.0 Å². The number of allylic oxidation sites excluding steroid dienone is 1. The molecule has 0 aromatic heterocycles. The average molecular weight is 408 g/mol. The number of hydrogen-bond donors (Lipinski definition) is 0. The molecule has 6 atom stereocenters. The summed E-state index contributed by atoms with van der Waals surface area (Å²) >= 11 is 0. The fourth-order valence-corrected chi connectivity index (χ4v) is 7.99. The average Bonchev–Trinajstić information content (AvgIpc) is 2.98. The first kappa shape index (κ1) is 20.0. The van der Waals surface area contributed by atoms with Crippen molar-refractivity contribution in [2.24, 2.45) is 34.5 Å². The maximum Gasteiger partial charge on any atom is 0.269 e. The molecule has 4 aliphatic rings. The topological polar surface area (TPSA) is 60.2 Å². The minimum absolute atomic E-state index is 0.0934. The summed E-state index contributed by atoms with van der Waals surface area (Å²) in [6.07, 6.45) is 13.3. The molecule has 4 heteroatoms. The lowest BCUT2D eigenvalue weighted by Gasteiger charge is -2.59. The molecule has 0 radical (unpaired) electrons. The lowest BCUT2D eigenvalue weighted by atomic mass is 9.45. The van der Waals surface area contributed by atoms with Gasteiger partial charge in [0, 0.05) is 17.5 Å². The minimum atomic E-state index is -0.379. The molecule has 30 heavy (non-hydrogen) atoms. The van der Waals surface area contributed by atoms with E-state index in [2.05, 4.69) is 13.8 Å². The Morgan fingerprint density at radius 3 is 2.50 bits per heavy atom. The van der Waals surface area contributed by atoms with E-state index in [1.807, 2.05) is 6.08 Å². The van der Waals surface area contributed by atoms with Crippen LogP contribution in [0.2, 0.25) is 0 Å². The van der Waals surface area contributed by atoms with Gasteiger partial charge < -0.3 is 0 Å². The zero-order chi connectivity index (χ0) is 21.1. The van der Waals surface area contributed by atoms with Gasteiger partial charge in [-0.05, 0) is 103 Å². The van der Waals surface area contributed by atoms with Crippen molar-refractivity contribution in [3.63, 3.8) is 0 Å². The van der Waals surface area contributed by atoms with Crippen LogP contribution in [0.4, 0.5) is 5.69 Å². The molecule has 5 rings (SSSR count). The van der Waals surface area contributed by atoms with Gasteiger partial charge in [0.1, 0.15) is 0 Å². The molecule has 4 nitrogen and oxygen atoms in total. The Morgan fingerprint density at radius 1 is 1.00 bits per heavy atom. The van der Waals surface area contributed by atoms with Crippen LogP contribution < -0.4 is 0 Å². The fraction of sp³-hybridized carbons (Fsp3) is 0.654. The van der Waals surface area contributed by atoms with Gasteiger partial charge >= 0.3 is 0 Å². The number of fused-ring (bicyclic) bond motifs is 5. The highest BCUT2D eigenvalue weighted by Crippen LogP contribution is 2.66. The van der Waals surface area contributed by atoms with Crippen LogP contribution in [0, 0.1) is 44.6 Å². The Bertz CT molecular complexity index is 903. The van der Waals surface area contributed by atoms with Crippen molar-refractivity contribution in [1.29, 1.82) is 0 Å². The number of hydrogen-bond acceptors (Lipinski definition) is 3. The number of benzene rings is 1. The molecule has 4 aliphatic carbocycles. The van der Waals surface area contributed by atoms with E-state index in [4.69, 9.17) is 0 Å². The predicted octanol–water partition coefficient (Wildman–Crippen LogP) is 6.59. The van der Waals surface area contributed by atoms with Gasteiger partial charge in [0.2, 0.25) is 0 Å². The van der Waals surface area contributed by atoms with Crippen molar-refractivity contribution in [1.82, 2.24) is 0 Å². The number of nitro benzene ring substituents is 1. The summed E-state index contributed by atoms with van der Waals surface area (Å²) in [6, 6.07) is 6.59. The number of nitro groups is 1. The van der Waals surface area contributed by atoms with Gasteiger partial charge in [-0.2, -0.15) is 0 Å². The summed E-state index contributed by atoms with van der Waals surface area (Å²) in [5, 5.41) is 10.9. The minimum Gasteiger partial charge on any atom is -0.294 e. The highest BCUT2D eigenvalue weighted by atomic mass is 16.6. The van der Waals surface area contributed by atoms with E-state index < -0.39 is 0 Å². The molecule has 1 aromatic carbocycles. The zero-order valence-electron chi connectivity index (χ0n) is 18.2. The first-order valence-electron chi connectivity index (χ1n) is 11.8. The molecule has 0 saturated heterocycles. The molecular weight excluding hydrogens is 374 g/mol. The van der Waals surface area contributed by atoms with Crippen LogP contribution in [0.1, 0.15) is 77.2 Å². The number of nitrogens with zero attached hydrogens (tertiary/aromatic N) is 1. The van der Waals surface area contributed by atoms with Crippen LogP contribution >= 0.6 is 0 Å². The van der Waals surface area contributed by atoms with Crippen molar-refractivity contribution in [3.05, 3.63) is 45.5 Å². The molecule has 0 N–H and O–H groups in total. The maximum absolute atomic E-state index is 13.5. The summed E-state index contributed by atoms with van der Waals surface area (Å²) in [7, 11) is 0. The summed E-state index contributed by atoms with van der Waals surface area (Å²) in [4.78, 5) is 24.0. The molecule has 0 spiro atoms. The molecule has 6 unspecified atom stereocenters. The van der Waals surface area contributed by atoms with E-state index >= 15 is 0 Å². The molecule has 0 amide bonds. The lowest BCUT2D eigenvalue weighted by molar-refractivity contribution is -0.384. The van der Waals surface area contributed by atoms with Crippen LogP contribution in [0.15, 0.2) is 29.8 Å². The third kappa shape index (κ3) is 2.90. The molecule has 0 aliphatic heterocycles. The zero-order valence-corrected chi connectivity index (χ0v) is 18.2. The largest absolute Gasteiger partial charge is 0.294 e. The van der Waals surface area contributed by atoms with Gasteiger partial charge in [-0.3, -0.25) is 14.9 Å². The molecule has 0 heterocycles. The van der Waals surface area contributed by atoms with Gasteiger partial charge in [0.05, 0.1) is 4.92 Å². The lowest BCUT2D eigenvalue weighted by Crippen LogP contribution is -2.52. The number of non-ortho nitro benzene ring substituents is 1. The SMILES string of the molecule is CC12CCC3C(CCC4CCCCC43C)C1C/C(=C\c1ccc([N+](=O)[O-])cc1)C2=O. The first-order valence-corrected chi connectivity index (χ1v) is 11.8. The van der Waals surface area contributed by atoms with Crippen molar-refractivity contribution in [3.8, 4) is 0 Å². The number of ketones is 1. The predicted molar refractivity (Wildman–Crippen MR) is 118 cm³/mol. The molecule has 160 valence electrons. The van der Waals surface area contributed by atoms with E-state index in [1.54, 1.807) is 12.1 Å². The molecule has 4 fully saturated rings.